The lowest BCUT2D eigenvalue weighted by Gasteiger charge is -2.34. The van der Waals surface area contributed by atoms with Crippen molar-refractivity contribution in [3.05, 3.63) is 0 Å². The molecule has 2 amide bonds. The maximum atomic E-state index is 12.1. The van der Waals surface area contributed by atoms with Gasteiger partial charge in [0.2, 0.25) is 0 Å². The summed E-state index contributed by atoms with van der Waals surface area (Å²) in [6.07, 6.45) is 1.12. The Morgan fingerprint density at radius 3 is 2.71 bits per heavy atom. The molecule has 1 unspecified atom stereocenters. The molecule has 0 saturated carbocycles. The quantitative estimate of drug-likeness (QED) is 0.664. The Balaban J connectivity index is 2.48. The second-order valence-corrected chi connectivity index (χ2v) is 8.35. The summed E-state index contributed by atoms with van der Waals surface area (Å²) < 4.78 is 24.0. The summed E-state index contributed by atoms with van der Waals surface area (Å²) in [5, 5.41) is 10.4. The van der Waals surface area contributed by atoms with Gasteiger partial charge >= 0.3 is 12.0 Å². The zero-order valence-corrected chi connectivity index (χ0v) is 13.7. The van der Waals surface area contributed by atoms with E-state index < -0.39 is 21.2 Å². The molecule has 0 aromatic carbocycles. The normalized spacial score (nSPS) is 19.3. The number of urea groups is 1. The maximum absolute atomic E-state index is 12.1. The van der Waals surface area contributed by atoms with Gasteiger partial charge in [-0.1, -0.05) is 6.92 Å². The minimum Gasteiger partial charge on any atom is -0.481 e. The number of unbranched alkanes of at least 4 members (excludes halogenated alkanes) is 1. The molecular formula is C12H22N2O5S2. The minimum absolute atomic E-state index is 0.0145. The van der Waals surface area contributed by atoms with Gasteiger partial charge < -0.3 is 15.3 Å². The van der Waals surface area contributed by atoms with Crippen molar-refractivity contribution in [2.75, 3.05) is 30.3 Å². The molecule has 0 aliphatic carbocycles. The number of carboxylic acid groups (broad SMARTS) is 1. The standard InChI is InChI=1S/C12H22N2O5S2/c1-2-21(18,19)10-9-20-8-7-14(10)12(17)13-6-4-3-5-11(15)16/h10H,2-9H2,1H3,(H,13,17)(H,15,16). The highest BCUT2D eigenvalue weighted by Crippen LogP contribution is 2.21. The number of carbonyl (C=O) groups is 2. The summed E-state index contributed by atoms with van der Waals surface area (Å²) in [5.74, 6) is 0.286. The predicted molar refractivity (Wildman–Crippen MR) is 82.2 cm³/mol. The Bertz CT molecular complexity index is 466. The lowest BCUT2D eigenvalue weighted by molar-refractivity contribution is -0.137. The van der Waals surface area contributed by atoms with E-state index in [9.17, 15) is 18.0 Å². The molecule has 0 bridgehead atoms. The van der Waals surface area contributed by atoms with E-state index in [2.05, 4.69) is 5.32 Å². The second kappa shape index (κ2) is 8.47. The van der Waals surface area contributed by atoms with Gasteiger partial charge in [-0.25, -0.2) is 13.2 Å². The predicted octanol–water partition coefficient (Wildman–Crippen LogP) is 0.760. The van der Waals surface area contributed by atoms with Crippen molar-refractivity contribution in [2.45, 2.75) is 31.6 Å². The van der Waals surface area contributed by atoms with Gasteiger partial charge in [-0.05, 0) is 12.8 Å². The van der Waals surface area contributed by atoms with E-state index in [4.69, 9.17) is 5.11 Å². The van der Waals surface area contributed by atoms with Crippen LogP contribution in [0.15, 0.2) is 0 Å². The number of aliphatic carboxylic acids is 1. The average molecular weight is 338 g/mol. The fourth-order valence-electron chi connectivity index (χ4n) is 2.00. The number of rotatable bonds is 7. The van der Waals surface area contributed by atoms with Crippen LogP contribution in [0.25, 0.3) is 0 Å². The summed E-state index contributed by atoms with van der Waals surface area (Å²) >= 11 is 1.54. The molecule has 21 heavy (non-hydrogen) atoms. The Kier molecular flexibility index (Phi) is 7.30. The van der Waals surface area contributed by atoms with Gasteiger partial charge in [0, 0.05) is 36.8 Å². The molecule has 0 radical (unpaired) electrons. The topological polar surface area (TPSA) is 104 Å². The lowest BCUT2D eigenvalue weighted by Crippen LogP contribution is -2.54. The zero-order chi connectivity index (χ0) is 15.9. The summed E-state index contributed by atoms with van der Waals surface area (Å²) in [6.45, 7) is 2.35. The second-order valence-electron chi connectivity index (χ2n) is 4.76. The van der Waals surface area contributed by atoms with Gasteiger partial charge in [0.25, 0.3) is 0 Å². The average Bonchev–Trinajstić information content (AvgIpc) is 2.46. The summed E-state index contributed by atoms with van der Waals surface area (Å²) in [4.78, 5) is 23.8. The fourth-order valence-corrected chi connectivity index (χ4v) is 4.97. The van der Waals surface area contributed by atoms with Gasteiger partial charge in [-0.2, -0.15) is 11.8 Å². The summed E-state index contributed by atoms with van der Waals surface area (Å²) in [6, 6.07) is -0.382. The van der Waals surface area contributed by atoms with E-state index >= 15 is 0 Å². The molecule has 0 spiro atoms. The number of carbonyl (C=O) groups excluding carboxylic acids is 1. The molecule has 1 fully saturated rings. The summed E-state index contributed by atoms with van der Waals surface area (Å²) in [5.41, 5.74) is 0. The first-order valence-electron chi connectivity index (χ1n) is 6.94. The third-order valence-electron chi connectivity index (χ3n) is 3.26. The van der Waals surface area contributed by atoms with Crippen LogP contribution in [0.1, 0.15) is 26.2 Å². The van der Waals surface area contributed by atoms with Gasteiger partial charge in [-0.15, -0.1) is 0 Å². The number of amides is 2. The molecule has 1 aliphatic rings. The Morgan fingerprint density at radius 1 is 1.38 bits per heavy atom. The molecule has 1 atom stereocenters. The number of nitrogens with zero attached hydrogens (tertiary/aromatic N) is 1. The molecule has 7 nitrogen and oxygen atoms in total. The molecule has 122 valence electrons. The molecule has 9 heteroatoms. The molecule has 1 saturated heterocycles. The number of sulfone groups is 1. The molecule has 1 heterocycles. The molecule has 2 N–H and O–H groups in total. The fraction of sp³-hybridized carbons (Fsp3) is 0.833. The van der Waals surface area contributed by atoms with Crippen molar-refractivity contribution < 1.29 is 23.1 Å². The molecule has 1 aliphatic heterocycles. The van der Waals surface area contributed by atoms with E-state index in [1.807, 2.05) is 0 Å². The van der Waals surface area contributed by atoms with Crippen molar-refractivity contribution in [2.24, 2.45) is 0 Å². The Hall–Kier alpha value is -0.960. The van der Waals surface area contributed by atoms with E-state index in [0.717, 1.165) is 5.75 Å². The van der Waals surface area contributed by atoms with Crippen LogP contribution in [0.3, 0.4) is 0 Å². The van der Waals surface area contributed by atoms with Crippen LogP contribution in [-0.4, -0.2) is 66.1 Å². The first kappa shape index (κ1) is 18.1. The Labute approximate surface area is 129 Å². The van der Waals surface area contributed by atoms with Gasteiger partial charge in [0.15, 0.2) is 9.84 Å². The highest BCUT2D eigenvalue weighted by Gasteiger charge is 2.35. The van der Waals surface area contributed by atoms with Crippen molar-refractivity contribution >= 4 is 33.6 Å². The molecule has 0 aromatic rings. The van der Waals surface area contributed by atoms with Crippen molar-refractivity contribution in [1.29, 1.82) is 0 Å². The number of thioether (sulfide) groups is 1. The van der Waals surface area contributed by atoms with E-state index in [1.165, 1.54) is 16.7 Å². The monoisotopic (exact) mass is 338 g/mol. The van der Waals surface area contributed by atoms with Crippen molar-refractivity contribution in [3.8, 4) is 0 Å². The number of nitrogens with one attached hydrogen (secondary N) is 1. The number of hydrogen-bond acceptors (Lipinski definition) is 5. The van der Waals surface area contributed by atoms with Crippen molar-refractivity contribution in [3.63, 3.8) is 0 Å². The first-order valence-corrected chi connectivity index (χ1v) is 9.81. The van der Waals surface area contributed by atoms with Crippen LogP contribution in [0.4, 0.5) is 4.79 Å². The summed E-state index contributed by atoms with van der Waals surface area (Å²) in [7, 11) is -3.30. The van der Waals surface area contributed by atoms with E-state index in [-0.39, 0.29) is 18.2 Å². The van der Waals surface area contributed by atoms with E-state index in [1.54, 1.807) is 6.92 Å². The maximum Gasteiger partial charge on any atom is 0.318 e. The largest absolute Gasteiger partial charge is 0.481 e. The third kappa shape index (κ3) is 5.74. The molecular weight excluding hydrogens is 316 g/mol. The first-order chi connectivity index (χ1) is 9.88. The van der Waals surface area contributed by atoms with Crippen LogP contribution in [0.5, 0.6) is 0 Å². The van der Waals surface area contributed by atoms with Crippen LogP contribution in [-0.2, 0) is 14.6 Å². The number of hydrogen-bond donors (Lipinski definition) is 2. The van der Waals surface area contributed by atoms with Crippen LogP contribution < -0.4 is 5.32 Å². The van der Waals surface area contributed by atoms with Gasteiger partial charge in [0.05, 0.1) is 0 Å². The van der Waals surface area contributed by atoms with Crippen LogP contribution in [0.2, 0.25) is 0 Å². The van der Waals surface area contributed by atoms with Crippen LogP contribution >= 0.6 is 11.8 Å². The highest BCUT2D eigenvalue weighted by atomic mass is 32.2. The van der Waals surface area contributed by atoms with Gasteiger partial charge in [0.1, 0.15) is 5.37 Å². The zero-order valence-electron chi connectivity index (χ0n) is 12.1. The molecule has 1 rings (SSSR count). The smallest absolute Gasteiger partial charge is 0.318 e. The minimum atomic E-state index is -3.30. The van der Waals surface area contributed by atoms with Crippen molar-refractivity contribution in [1.82, 2.24) is 10.2 Å². The van der Waals surface area contributed by atoms with Gasteiger partial charge in [-0.3, -0.25) is 4.79 Å². The number of carboxylic acids is 1. The SMILES string of the molecule is CCS(=O)(=O)C1CSCCN1C(=O)NCCCCC(=O)O. The molecule has 0 aromatic heterocycles. The third-order valence-corrected chi connectivity index (χ3v) is 6.54. The Morgan fingerprint density at radius 2 is 2.10 bits per heavy atom. The van der Waals surface area contributed by atoms with E-state index in [0.29, 0.717) is 31.7 Å². The van der Waals surface area contributed by atoms with Crippen LogP contribution in [0, 0.1) is 0 Å². The lowest BCUT2D eigenvalue weighted by atomic mass is 10.2. The highest BCUT2D eigenvalue weighted by molar-refractivity contribution is 8.01.